The van der Waals surface area contributed by atoms with Gasteiger partial charge in [-0.15, -0.1) is 0 Å². The second kappa shape index (κ2) is 9.69. The van der Waals surface area contributed by atoms with Crippen LogP contribution < -0.4 is 4.31 Å². The normalized spacial score (nSPS) is 11.6. The molecule has 0 unspecified atom stereocenters. The number of rotatable bonds is 8. The van der Waals surface area contributed by atoms with E-state index in [0.717, 1.165) is 34.5 Å². The lowest BCUT2D eigenvalue weighted by Gasteiger charge is -2.21. The third kappa shape index (κ3) is 5.29. The Morgan fingerprint density at radius 3 is 2.31 bits per heavy atom. The predicted octanol–water partition coefficient (Wildman–Crippen LogP) is 5.31. The van der Waals surface area contributed by atoms with Crippen molar-refractivity contribution in [1.82, 2.24) is 0 Å². The molecule has 0 N–H and O–H groups in total. The van der Waals surface area contributed by atoms with E-state index in [1.807, 2.05) is 0 Å². The SMILES string of the molecule is CCCCC/C=C/C(=O)N(c1ccccc1)S(=O)(=O)c1ccc(Br)cc1. The quantitative estimate of drug-likeness (QED) is 0.417. The van der Waals surface area contributed by atoms with E-state index in [-0.39, 0.29) is 4.90 Å². The second-order valence-electron chi connectivity index (χ2n) is 5.80. The van der Waals surface area contributed by atoms with Crippen LogP contribution in [-0.4, -0.2) is 14.3 Å². The maximum absolute atomic E-state index is 13.1. The molecule has 4 nitrogen and oxygen atoms in total. The van der Waals surface area contributed by atoms with Crippen LogP contribution in [0.1, 0.15) is 32.6 Å². The molecule has 0 aliphatic carbocycles. The third-order valence-corrected chi connectivity index (χ3v) is 6.05. The maximum atomic E-state index is 13.1. The number of para-hydroxylation sites is 1. The molecule has 0 fully saturated rings. The van der Waals surface area contributed by atoms with E-state index in [0.29, 0.717) is 5.69 Å². The number of hydrogen-bond donors (Lipinski definition) is 0. The fourth-order valence-corrected chi connectivity index (χ4v) is 4.08. The summed E-state index contributed by atoms with van der Waals surface area (Å²) >= 11 is 3.29. The van der Waals surface area contributed by atoms with Gasteiger partial charge in [-0.05, 0) is 49.2 Å². The first-order chi connectivity index (χ1) is 12.5. The van der Waals surface area contributed by atoms with E-state index in [4.69, 9.17) is 0 Å². The number of unbranched alkanes of at least 4 members (excludes halogenated alkanes) is 3. The highest BCUT2D eigenvalue weighted by Gasteiger charge is 2.29. The Labute approximate surface area is 163 Å². The predicted molar refractivity (Wildman–Crippen MR) is 109 cm³/mol. The Bertz CT molecular complexity index is 846. The van der Waals surface area contributed by atoms with Crippen LogP contribution in [0.15, 0.2) is 76.1 Å². The summed E-state index contributed by atoms with van der Waals surface area (Å²) < 4.78 is 27.8. The van der Waals surface area contributed by atoms with Gasteiger partial charge in [0, 0.05) is 10.5 Å². The number of amides is 1. The van der Waals surface area contributed by atoms with Crippen LogP contribution in [-0.2, 0) is 14.8 Å². The van der Waals surface area contributed by atoms with Gasteiger partial charge in [0.25, 0.3) is 15.9 Å². The van der Waals surface area contributed by atoms with Gasteiger partial charge in [-0.2, -0.15) is 4.31 Å². The lowest BCUT2D eigenvalue weighted by atomic mass is 10.2. The molecule has 0 aliphatic heterocycles. The molecule has 0 heterocycles. The maximum Gasteiger partial charge on any atom is 0.271 e. The van der Waals surface area contributed by atoms with Crippen molar-refractivity contribution < 1.29 is 13.2 Å². The topological polar surface area (TPSA) is 54.5 Å². The lowest BCUT2D eigenvalue weighted by Crippen LogP contribution is -2.35. The van der Waals surface area contributed by atoms with E-state index in [9.17, 15) is 13.2 Å². The number of halogens is 1. The van der Waals surface area contributed by atoms with Gasteiger partial charge in [-0.3, -0.25) is 4.79 Å². The van der Waals surface area contributed by atoms with E-state index in [1.54, 1.807) is 48.5 Å². The minimum atomic E-state index is -4.01. The summed E-state index contributed by atoms with van der Waals surface area (Å²) in [6, 6.07) is 14.6. The molecule has 0 aromatic heterocycles. The molecule has 2 aromatic rings. The molecular weight excluding hydrogens is 414 g/mol. The zero-order chi connectivity index (χ0) is 19.0. The van der Waals surface area contributed by atoms with Crippen molar-refractivity contribution in [3.05, 3.63) is 71.2 Å². The van der Waals surface area contributed by atoms with Crippen LogP contribution in [0, 0.1) is 0 Å². The van der Waals surface area contributed by atoms with Crippen LogP contribution >= 0.6 is 15.9 Å². The van der Waals surface area contributed by atoms with Crippen molar-refractivity contribution in [2.24, 2.45) is 0 Å². The van der Waals surface area contributed by atoms with Gasteiger partial charge in [-0.25, -0.2) is 8.42 Å². The summed E-state index contributed by atoms with van der Waals surface area (Å²) in [4.78, 5) is 12.8. The molecule has 0 spiro atoms. The van der Waals surface area contributed by atoms with Crippen molar-refractivity contribution >= 4 is 37.5 Å². The molecule has 138 valence electrons. The monoisotopic (exact) mass is 435 g/mol. The molecule has 0 saturated carbocycles. The lowest BCUT2D eigenvalue weighted by molar-refractivity contribution is -0.113. The van der Waals surface area contributed by atoms with Gasteiger partial charge in [0.2, 0.25) is 0 Å². The molecule has 2 rings (SSSR count). The summed E-state index contributed by atoms with van der Waals surface area (Å²) in [7, 11) is -4.01. The number of carbonyl (C=O) groups excluding carboxylic acids is 1. The average molecular weight is 436 g/mol. The summed E-state index contributed by atoms with van der Waals surface area (Å²) in [6.07, 6.45) is 6.99. The minimum absolute atomic E-state index is 0.0669. The highest BCUT2D eigenvalue weighted by Crippen LogP contribution is 2.25. The first-order valence-corrected chi connectivity index (χ1v) is 10.8. The third-order valence-electron chi connectivity index (χ3n) is 3.78. The van der Waals surface area contributed by atoms with Crippen LogP contribution in [0.3, 0.4) is 0 Å². The fraction of sp³-hybridized carbons (Fsp3) is 0.250. The van der Waals surface area contributed by atoms with E-state index < -0.39 is 15.9 Å². The first-order valence-electron chi connectivity index (χ1n) is 8.53. The van der Waals surface area contributed by atoms with Crippen LogP contribution in [0.25, 0.3) is 0 Å². The van der Waals surface area contributed by atoms with Crippen molar-refractivity contribution in [1.29, 1.82) is 0 Å². The molecule has 0 atom stereocenters. The molecule has 2 aromatic carbocycles. The fourth-order valence-electron chi connectivity index (χ4n) is 2.42. The number of benzene rings is 2. The van der Waals surface area contributed by atoms with E-state index in [1.165, 1.54) is 18.2 Å². The zero-order valence-corrected chi connectivity index (χ0v) is 17.0. The summed E-state index contributed by atoms with van der Waals surface area (Å²) in [5, 5.41) is 0. The molecule has 0 radical (unpaired) electrons. The van der Waals surface area contributed by atoms with Crippen LogP contribution in [0.2, 0.25) is 0 Å². The van der Waals surface area contributed by atoms with E-state index >= 15 is 0 Å². The Morgan fingerprint density at radius 1 is 1.04 bits per heavy atom. The average Bonchev–Trinajstić information content (AvgIpc) is 2.63. The number of nitrogens with zero attached hydrogens (tertiary/aromatic N) is 1. The number of allylic oxidation sites excluding steroid dienone is 1. The second-order valence-corrected chi connectivity index (χ2v) is 8.50. The Kier molecular flexibility index (Phi) is 7.60. The van der Waals surface area contributed by atoms with Crippen LogP contribution in [0.4, 0.5) is 5.69 Å². The Hall–Kier alpha value is -1.92. The molecule has 0 aliphatic rings. The zero-order valence-electron chi connectivity index (χ0n) is 14.6. The minimum Gasteiger partial charge on any atom is -0.268 e. The van der Waals surface area contributed by atoms with Gasteiger partial charge in [-0.1, -0.05) is 60.0 Å². The molecule has 0 saturated heterocycles. The van der Waals surface area contributed by atoms with Gasteiger partial charge in [0.05, 0.1) is 10.6 Å². The molecule has 6 heteroatoms. The van der Waals surface area contributed by atoms with Crippen molar-refractivity contribution in [3.8, 4) is 0 Å². The van der Waals surface area contributed by atoms with Gasteiger partial charge in [0.15, 0.2) is 0 Å². The van der Waals surface area contributed by atoms with Crippen molar-refractivity contribution in [3.63, 3.8) is 0 Å². The highest BCUT2D eigenvalue weighted by molar-refractivity contribution is 9.10. The van der Waals surface area contributed by atoms with Gasteiger partial charge < -0.3 is 0 Å². The van der Waals surface area contributed by atoms with Gasteiger partial charge in [0.1, 0.15) is 0 Å². The summed E-state index contributed by atoms with van der Waals surface area (Å²) in [6.45, 7) is 2.11. The van der Waals surface area contributed by atoms with Crippen LogP contribution in [0.5, 0.6) is 0 Å². The number of sulfonamides is 1. The largest absolute Gasteiger partial charge is 0.271 e. The number of carbonyl (C=O) groups is 1. The van der Waals surface area contributed by atoms with Crippen molar-refractivity contribution in [2.75, 3.05) is 4.31 Å². The summed E-state index contributed by atoms with van der Waals surface area (Å²) in [5.41, 5.74) is 0.318. The number of hydrogen-bond acceptors (Lipinski definition) is 3. The van der Waals surface area contributed by atoms with Gasteiger partial charge >= 0.3 is 0 Å². The van der Waals surface area contributed by atoms with Crippen molar-refractivity contribution in [2.45, 2.75) is 37.5 Å². The summed E-state index contributed by atoms with van der Waals surface area (Å²) in [5.74, 6) is -0.574. The highest BCUT2D eigenvalue weighted by atomic mass is 79.9. The standard InChI is InChI=1S/C20H22BrNO3S/c1-2-3-4-5-9-12-20(23)22(18-10-7-6-8-11-18)26(24,25)19-15-13-17(21)14-16-19/h6-16H,2-5H2,1H3/b12-9+. The Balaban J connectivity index is 2.35. The molecule has 26 heavy (non-hydrogen) atoms. The Morgan fingerprint density at radius 2 is 1.69 bits per heavy atom. The smallest absolute Gasteiger partial charge is 0.268 e. The molecule has 0 bridgehead atoms. The van der Waals surface area contributed by atoms with E-state index in [2.05, 4.69) is 22.9 Å². The molecular formula is C20H22BrNO3S. The first kappa shape index (κ1) is 20.4. The number of anilines is 1. The molecule has 1 amide bonds.